The first-order chi connectivity index (χ1) is 12.3. The van der Waals surface area contributed by atoms with Crippen molar-refractivity contribution in [3.05, 3.63) is 66.4 Å². The third-order valence-corrected chi connectivity index (χ3v) is 4.27. The van der Waals surface area contributed by atoms with Crippen LogP contribution >= 0.6 is 11.8 Å². The predicted molar refractivity (Wildman–Crippen MR) is 102 cm³/mol. The smallest absolute Gasteiger partial charge is 0.128 e. The van der Waals surface area contributed by atoms with E-state index in [-0.39, 0.29) is 11.9 Å². The average molecular weight is 353 g/mol. The lowest BCUT2D eigenvalue weighted by atomic mass is 10.2. The normalized spacial score (nSPS) is 17.9. The molecule has 0 bridgehead atoms. The zero-order valence-electron chi connectivity index (χ0n) is 14.2. The molecule has 1 unspecified atom stereocenters. The van der Waals surface area contributed by atoms with Crippen molar-refractivity contribution in [2.45, 2.75) is 36.2 Å². The van der Waals surface area contributed by atoms with Gasteiger partial charge in [0.15, 0.2) is 0 Å². The van der Waals surface area contributed by atoms with Crippen molar-refractivity contribution in [1.29, 1.82) is 0 Å². The molecule has 0 radical (unpaired) electrons. The monoisotopic (exact) mass is 353 g/mol. The van der Waals surface area contributed by atoms with Crippen LogP contribution in [0.15, 0.2) is 64.8 Å². The van der Waals surface area contributed by atoms with Gasteiger partial charge in [0.2, 0.25) is 0 Å². The molecule has 1 aromatic carbocycles. The summed E-state index contributed by atoms with van der Waals surface area (Å²) in [6.45, 7) is 4.00. The number of anilines is 1. The Bertz CT molecular complexity index is 792. The third-order valence-electron chi connectivity index (χ3n) is 3.26. The lowest BCUT2D eigenvalue weighted by Crippen LogP contribution is -2.16. The molecule has 1 N–H and O–H groups in total. The number of terminal acetylenes is 1. The van der Waals surface area contributed by atoms with Crippen LogP contribution in [-0.4, -0.2) is 16.0 Å². The summed E-state index contributed by atoms with van der Waals surface area (Å²) in [6.07, 6.45) is 15.6. The van der Waals surface area contributed by atoms with Crippen LogP contribution in [0.2, 0.25) is 0 Å². The summed E-state index contributed by atoms with van der Waals surface area (Å²) in [5, 5.41) is 4.08. The van der Waals surface area contributed by atoms with E-state index in [4.69, 9.17) is 6.42 Å². The van der Waals surface area contributed by atoms with Crippen molar-refractivity contribution in [2.24, 2.45) is 0 Å². The van der Waals surface area contributed by atoms with E-state index >= 15 is 0 Å². The van der Waals surface area contributed by atoms with Gasteiger partial charge in [-0.1, -0.05) is 55.8 Å². The van der Waals surface area contributed by atoms with Crippen molar-refractivity contribution in [1.82, 2.24) is 9.97 Å². The van der Waals surface area contributed by atoms with E-state index < -0.39 is 0 Å². The summed E-state index contributed by atoms with van der Waals surface area (Å²) in [6, 6.07) is 6.07. The van der Waals surface area contributed by atoms with Gasteiger partial charge in [-0.3, -0.25) is 0 Å². The van der Waals surface area contributed by atoms with E-state index in [1.807, 2.05) is 38.2 Å². The number of allylic oxidation sites excluding steroid dienone is 3. The molecule has 1 aliphatic rings. The van der Waals surface area contributed by atoms with E-state index in [0.29, 0.717) is 6.42 Å². The van der Waals surface area contributed by atoms with Crippen LogP contribution in [0.5, 0.6) is 0 Å². The molecular weight excluding hydrogens is 333 g/mol. The number of aromatic nitrogens is 2. The van der Waals surface area contributed by atoms with Gasteiger partial charge in [-0.15, -0.1) is 6.42 Å². The minimum absolute atomic E-state index is 0.241. The van der Waals surface area contributed by atoms with Gasteiger partial charge in [-0.25, -0.2) is 14.4 Å². The largest absolute Gasteiger partial charge is 0.365 e. The van der Waals surface area contributed by atoms with E-state index in [2.05, 4.69) is 21.2 Å². The Labute approximate surface area is 152 Å². The average Bonchev–Trinajstić information content (AvgIpc) is 2.75. The van der Waals surface area contributed by atoms with Gasteiger partial charge >= 0.3 is 0 Å². The van der Waals surface area contributed by atoms with Crippen molar-refractivity contribution in [2.75, 3.05) is 5.32 Å². The van der Waals surface area contributed by atoms with Crippen molar-refractivity contribution >= 4 is 17.4 Å². The number of fused-ring (bicyclic) bond motifs is 1. The Balaban J connectivity index is 0.00000109. The first-order valence-electron chi connectivity index (χ1n) is 8.09. The highest BCUT2D eigenvalue weighted by Crippen LogP contribution is 2.34. The van der Waals surface area contributed by atoms with Crippen LogP contribution in [0, 0.1) is 18.2 Å². The number of hydrogen-bond donors (Lipinski definition) is 1. The molecule has 0 fully saturated rings. The maximum absolute atomic E-state index is 13.1. The topological polar surface area (TPSA) is 37.8 Å². The molecule has 25 heavy (non-hydrogen) atoms. The van der Waals surface area contributed by atoms with Crippen molar-refractivity contribution < 1.29 is 4.39 Å². The van der Waals surface area contributed by atoms with Crippen LogP contribution in [0.25, 0.3) is 0 Å². The minimum atomic E-state index is -0.260. The van der Waals surface area contributed by atoms with E-state index in [1.165, 1.54) is 30.2 Å². The molecular formula is C20H20FN3S. The maximum atomic E-state index is 13.1. The third kappa shape index (κ3) is 5.20. The lowest BCUT2D eigenvalue weighted by molar-refractivity contribution is 0.626. The van der Waals surface area contributed by atoms with Crippen LogP contribution in [0.3, 0.4) is 0 Å². The Morgan fingerprint density at radius 3 is 2.68 bits per heavy atom. The quantitative estimate of drug-likeness (QED) is 0.617. The number of nitrogens with zero attached hydrogens (tertiary/aromatic N) is 2. The molecule has 2 heterocycles. The fourth-order valence-corrected chi connectivity index (χ4v) is 3.00. The van der Waals surface area contributed by atoms with Gasteiger partial charge in [0.1, 0.15) is 23.2 Å². The lowest BCUT2D eigenvalue weighted by Gasteiger charge is -2.16. The fraction of sp³-hybridized carbons (Fsp3) is 0.200. The first-order valence-corrected chi connectivity index (χ1v) is 8.91. The molecule has 0 saturated carbocycles. The molecule has 1 aliphatic heterocycles. The second-order valence-corrected chi connectivity index (χ2v) is 5.92. The highest BCUT2D eigenvalue weighted by atomic mass is 32.2. The molecule has 1 atom stereocenters. The van der Waals surface area contributed by atoms with Crippen LogP contribution in [0.4, 0.5) is 10.1 Å². The van der Waals surface area contributed by atoms with Gasteiger partial charge in [0.05, 0.1) is 11.4 Å². The molecule has 0 amide bonds. The van der Waals surface area contributed by atoms with Crippen LogP contribution < -0.4 is 5.32 Å². The number of benzene rings is 1. The predicted octanol–water partition coefficient (Wildman–Crippen LogP) is 4.88. The van der Waals surface area contributed by atoms with Crippen molar-refractivity contribution in [3.63, 3.8) is 0 Å². The number of halogens is 1. The van der Waals surface area contributed by atoms with E-state index in [9.17, 15) is 4.39 Å². The molecule has 5 heteroatoms. The zero-order chi connectivity index (χ0) is 18.1. The summed E-state index contributed by atoms with van der Waals surface area (Å²) >= 11 is 1.45. The Morgan fingerprint density at radius 2 is 1.96 bits per heavy atom. The van der Waals surface area contributed by atoms with Crippen LogP contribution in [0.1, 0.15) is 19.5 Å². The number of hydrogen-bond acceptors (Lipinski definition) is 4. The summed E-state index contributed by atoms with van der Waals surface area (Å²) in [4.78, 5) is 9.61. The first kappa shape index (κ1) is 18.8. The Morgan fingerprint density at radius 1 is 1.20 bits per heavy atom. The van der Waals surface area contributed by atoms with Gasteiger partial charge in [-0.2, -0.15) is 0 Å². The molecule has 1 aromatic heterocycles. The second-order valence-electron chi connectivity index (χ2n) is 4.86. The second kappa shape index (κ2) is 9.65. The SMILES string of the molecule is C#CC1/C=C\C=C/Cc2ncnc(Sc3ccc(F)cc3)c2N1.CC. The maximum Gasteiger partial charge on any atom is 0.128 e. The van der Waals surface area contributed by atoms with Gasteiger partial charge in [0, 0.05) is 11.3 Å². The van der Waals surface area contributed by atoms with Gasteiger partial charge < -0.3 is 5.32 Å². The highest BCUT2D eigenvalue weighted by molar-refractivity contribution is 7.99. The molecule has 3 rings (SSSR count). The van der Waals surface area contributed by atoms with Crippen molar-refractivity contribution in [3.8, 4) is 12.3 Å². The zero-order valence-corrected chi connectivity index (χ0v) is 15.1. The fourth-order valence-electron chi connectivity index (χ4n) is 2.13. The van der Waals surface area contributed by atoms with Gasteiger partial charge in [-0.05, 0) is 24.3 Å². The standard InChI is InChI=1S/C18H14FN3S.C2H6/c1-2-14-6-4-3-5-7-16-17(22-14)18(21-12-20-16)23-15-10-8-13(19)9-11-15;1-2/h1,3-6,8-12,14,22H,7H2;1-2H3/b5-3-,6-4-;. The summed E-state index contributed by atoms with van der Waals surface area (Å²) in [5.41, 5.74) is 1.70. The molecule has 128 valence electrons. The number of nitrogens with one attached hydrogen (secondary N) is 1. The summed E-state index contributed by atoms with van der Waals surface area (Å²) in [7, 11) is 0. The summed E-state index contributed by atoms with van der Waals surface area (Å²) in [5.74, 6) is 2.43. The van der Waals surface area contributed by atoms with Crippen LogP contribution in [-0.2, 0) is 6.42 Å². The summed E-state index contributed by atoms with van der Waals surface area (Å²) < 4.78 is 13.1. The molecule has 2 aromatic rings. The van der Waals surface area contributed by atoms with E-state index in [0.717, 1.165) is 21.3 Å². The van der Waals surface area contributed by atoms with E-state index in [1.54, 1.807) is 12.1 Å². The van der Waals surface area contributed by atoms with Gasteiger partial charge in [0.25, 0.3) is 0 Å². The molecule has 0 aliphatic carbocycles. The molecule has 0 spiro atoms. The molecule has 0 saturated heterocycles. The number of rotatable bonds is 2. The Kier molecular flexibility index (Phi) is 7.24. The Hall–Kier alpha value is -2.58. The highest BCUT2D eigenvalue weighted by Gasteiger charge is 2.15. The minimum Gasteiger partial charge on any atom is -0.365 e. The molecule has 3 nitrogen and oxygen atoms in total.